The van der Waals surface area contributed by atoms with Crippen molar-refractivity contribution in [1.82, 2.24) is 20.4 Å². The van der Waals surface area contributed by atoms with Crippen molar-refractivity contribution in [3.63, 3.8) is 0 Å². The van der Waals surface area contributed by atoms with Gasteiger partial charge in [-0.1, -0.05) is 80.0 Å². The fourth-order valence-electron chi connectivity index (χ4n) is 4.13. The standard InChI is InChI=1S/C26H31ClN4O2/c1-26(2,3)21-12-10-18(11-13-21)24-29-23(33-30-24)17-31-14-6-8-20(16-31)25(32)28-15-19-7-4-5-9-22(19)27/h4-5,7,9-13,20H,6,8,14-17H2,1-3H3,(H,28,32). The monoisotopic (exact) mass is 466 g/mol. The van der Waals surface area contributed by atoms with Crippen LogP contribution in [0, 0.1) is 5.92 Å². The van der Waals surface area contributed by atoms with Crippen molar-refractivity contribution in [3.05, 3.63) is 70.6 Å². The Morgan fingerprint density at radius 2 is 1.94 bits per heavy atom. The van der Waals surface area contributed by atoms with Gasteiger partial charge in [0.1, 0.15) is 0 Å². The number of hydrogen-bond acceptors (Lipinski definition) is 5. The van der Waals surface area contributed by atoms with E-state index in [4.69, 9.17) is 16.1 Å². The van der Waals surface area contributed by atoms with Gasteiger partial charge in [-0.2, -0.15) is 4.98 Å². The third-order valence-corrected chi connectivity index (χ3v) is 6.49. The van der Waals surface area contributed by atoms with Gasteiger partial charge in [0.15, 0.2) is 0 Å². The van der Waals surface area contributed by atoms with Crippen molar-refractivity contribution < 1.29 is 9.32 Å². The van der Waals surface area contributed by atoms with E-state index >= 15 is 0 Å². The maximum Gasteiger partial charge on any atom is 0.241 e. The molecule has 1 amide bonds. The van der Waals surface area contributed by atoms with Crippen LogP contribution < -0.4 is 5.32 Å². The summed E-state index contributed by atoms with van der Waals surface area (Å²) in [6, 6.07) is 15.9. The summed E-state index contributed by atoms with van der Waals surface area (Å²) in [4.78, 5) is 19.5. The number of rotatable bonds is 6. The largest absolute Gasteiger partial charge is 0.352 e. The van der Waals surface area contributed by atoms with Crippen LogP contribution >= 0.6 is 11.6 Å². The Labute approximate surface area is 200 Å². The number of amides is 1. The fourth-order valence-corrected chi connectivity index (χ4v) is 4.33. The first-order valence-corrected chi connectivity index (χ1v) is 11.8. The summed E-state index contributed by atoms with van der Waals surface area (Å²) in [5, 5.41) is 7.87. The lowest BCUT2D eigenvalue weighted by Crippen LogP contribution is -2.42. The highest BCUT2D eigenvalue weighted by Gasteiger charge is 2.27. The van der Waals surface area contributed by atoms with E-state index in [0.717, 1.165) is 30.5 Å². The number of carbonyl (C=O) groups excluding carboxylic acids is 1. The van der Waals surface area contributed by atoms with Gasteiger partial charge >= 0.3 is 0 Å². The first-order valence-electron chi connectivity index (χ1n) is 11.5. The number of hydrogen-bond donors (Lipinski definition) is 1. The first kappa shape index (κ1) is 23.5. The van der Waals surface area contributed by atoms with E-state index in [1.54, 1.807) is 0 Å². The van der Waals surface area contributed by atoms with Crippen LogP contribution in [-0.2, 0) is 23.3 Å². The van der Waals surface area contributed by atoms with Crippen LogP contribution in [-0.4, -0.2) is 34.0 Å². The molecule has 1 fully saturated rings. The lowest BCUT2D eigenvalue weighted by Gasteiger charge is -2.30. The predicted molar refractivity (Wildman–Crippen MR) is 130 cm³/mol. The number of halogens is 1. The van der Waals surface area contributed by atoms with Crippen molar-refractivity contribution in [1.29, 1.82) is 0 Å². The van der Waals surface area contributed by atoms with E-state index < -0.39 is 0 Å². The minimum atomic E-state index is -0.0615. The van der Waals surface area contributed by atoms with Gasteiger partial charge in [0.25, 0.3) is 0 Å². The van der Waals surface area contributed by atoms with Crippen molar-refractivity contribution in [3.8, 4) is 11.4 Å². The molecule has 1 saturated heterocycles. The van der Waals surface area contributed by atoms with Crippen LogP contribution in [0.5, 0.6) is 0 Å². The van der Waals surface area contributed by atoms with Gasteiger partial charge in [-0.3, -0.25) is 9.69 Å². The maximum absolute atomic E-state index is 12.7. The van der Waals surface area contributed by atoms with Gasteiger partial charge in [0.05, 0.1) is 12.5 Å². The summed E-state index contributed by atoms with van der Waals surface area (Å²) < 4.78 is 5.52. The van der Waals surface area contributed by atoms with Crippen LogP contribution in [0.25, 0.3) is 11.4 Å². The lowest BCUT2D eigenvalue weighted by molar-refractivity contribution is -0.127. The van der Waals surface area contributed by atoms with E-state index in [0.29, 0.717) is 36.4 Å². The summed E-state index contributed by atoms with van der Waals surface area (Å²) >= 11 is 6.20. The molecule has 0 spiro atoms. The van der Waals surface area contributed by atoms with E-state index in [9.17, 15) is 4.79 Å². The Balaban J connectivity index is 1.33. The van der Waals surface area contributed by atoms with E-state index in [1.165, 1.54) is 5.56 Å². The normalized spacial score (nSPS) is 17.2. The van der Waals surface area contributed by atoms with Crippen LogP contribution in [0.1, 0.15) is 50.6 Å². The topological polar surface area (TPSA) is 71.3 Å². The summed E-state index contributed by atoms with van der Waals surface area (Å²) in [5.74, 6) is 1.16. The zero-order valence-corrected chi connectivity index (χ0v) is 20.2. The van der Waals surface area contributed by atoms with Crippen LogP contribution in [0.3, 0.4) is 0 Å². The molecule has 1 aliphatic rings. The molecule has 0 bridgehead atoms. The highest BCUT2D eigenvalue weighted by atomic mass is 35.5. The molecule has 1 atom stereocenters. The predicted octanol–water partition coefficient (Wildman–Crippen LogP) is 5.22. The molecule has 2 heterocycles. The molecule has 0 saturated carbocycles. The second-order valence-corrected chi connectivity index (χ2v) is 10.1. The van der Waals surface area contributed by atoms with Gasteiger partial charge in [-0.25, -0.2) is 0 Å². The van der Waals surface area contributed by atoms with E-state index in [1.807, 2.05) is 36.4 Å². The van der Waals surface area contributed by atoms with Gasteiger partial charge in [0.2, 0.25) is 17.6 Å². The zero-order chi connectivity index (χ0) is 23.4. The molecule has 174 valence electrons. The lowest BCUT2D eigenvalue weighted by atomic mass is 9.87. The fraction of sp³-hybridized carbons (Fsp3) is 0.423. The van der Waals surface area contributed by atoms with Crippen molar-refractivity contribution >= 4 is 17.5 Å². The van der Waals surface area contributed by atoms with Gasteiger partial charge in [0, 0.05) is 23.7 Å². The average molecular weight is 467 g/mol. The number of nitrogens with one attached hydrogen (secondary N) is 1. The Kier molecular flexibility index (Phi) is 7.15. The maximum atomic E-state index is 12.7. The minimum Gasteiger partial charge on any atom is -0.352 e. The molecule has 7 heteroatoms. The third kappa shape index (κ3) is 6.01. The molecule has 2 aromatic carbocycles. The average Bonchev–Trinajstić information content (AvgIpc) is 3.26. The molecule has 4 rings (SSSR count). The quantitative estimate of drug-likeness (QED) is 0.539. The molecule has 3 aromatic rings. The summed E-state index contributed by atoms with van der Waals surface area (Å²) in [5.41, 5.74) is 3.23. The number of carbonyl (C=O) groups is 1. The Morgan fingerprint density at radius 3 is 2.67 bits per heavy atom. The highest BCUT2D eigenvalue weighted by Crippen LogP contribution is 2.25. The number of benzene rings is 2. The summed E-state index contributed by atoms with van der Waals surface area (Å²) in [6.45, 7) is 9.14. The molecule has 0 aliphatic carbocycles. The molecule has 0 radical (unpaired) electrons. The van der Waals surface area contributed by atoms with Gasteiger partial charge in [-0.05, 0) is 42.0 Å². The second kappa shape index (κ2) is 10.1. The smallest absolute Gasteiger partial charge is 0.241 e. The SMILES string of the molecule is CC(C)(C)c1ccc(-c2noc(CN3CCCC(C(=O)NCc4ccccc4Cl)C3)n2)cc1. The van der Waals surface area contributed by atoms with E-state index in [-0.39, 0.29) is 17.2 Å². The third-order valence-electron chi connectivity index (χ3n) is 6.12. The molecular weight excluding hydrogens is 436 g/mol. The van der Waals surface area contributed by atoms with Crippen molar-refractivity contribution in [2.75, 3.05) is 13.1 Å². The van der Waals surface area contributed by atoms with Crippen LogP contribution in [0.2, 0.25) is 5.02 Å². The minimum absolute atomic E-state index is 0.0600. The van der Waals surface area contributed by atoms with E-state index in [2.05, 4.69) is 53.3 Å². The first-order chi connectivity index (χ1) is 15.8. The Hall–Kier alpha value is -2.70. The molecular formula is C26H31ClN4O2. The van der Waals surface area contributed by atoms with Crippen LogP contribution in [0.15, 0.2) is 53.1 Å². The molecule has 1 unspecified atom stereocenters. The molecule has 1 N–H and O–H groups in total. The number of piperidine rings is 1. The molecule has 1 aliphatic heterocycles. The Bertz CT molecular complexity index is 1090. The van der Waals surface area contributed by atoms with Crippen molar-refractivity contribution in [2.24, 2.45) is 5.92 Å². The van der Waals surface area contributed by atoms with Crippen molar-refractivity contribution in [2.45, 2.75) is 52.1 Å². The number of nitrogens with zero attached hydrogens (tertiary/aromatic N) is 3. The highest BCUT2D eigenvalue weighted by molar-refractivity contribution is 6.31. The van der Waals surface area contributed by atoms with Gasteiger partial charge < -0.3 is 9.84 Å². The number of likely N-dealkylation sites (tertiary alicyclic amines) is 1. The van der Waals surface area contributed by atoms with Gasteiger partial charge in [-0.15, -0.1) is 0 Å². The summed E-state index contributed by atoms with van der Waals surface area (Å²) in [7, 11) is 0. The summed E-state index contributed by atoms with van der Waals surface area (Å²) in [6.07, 6.45) is 1.83. The molecule has 1 aromatic heterocycles. The second-order valence-electron chi connectivity index (χ2n) is 9.72. The molecule has 6 nitrogen and oxygen atoms in total. The Morgan fingerprint density at radius 1 is 1.18 bits per heavy atom. The zero-order valence-electron chi connectivity index (χ0n) is 19.5. The van der Waals surface area contributed by atoms with Crippen LogP contribution in [0.4, 0.5) is 0 Å². The number of aromatic nitrogens is 2. The molecule has 33 heavy (non-hydrogen) atoms.